The molecule has 0 saturated carbocycles. The fraction of sp³-hybridized carbons (Fsp3) is 0.333. The number of halogens is 1. The molecule has 1 aromatic carbocycles. The van der Waals surface area contributed by atoms with E-state index in [9.17, 15) is 4.79 Å². The second kappa shape index (κ2) is 5.87. The molecule has 1 aliphatic heterocycles. The van der Waals surface area contributed by atoms with Gasteiger partial charge in [-0.05, 0) is 37.6 Å². The molecular formula is C15H16ClN3O2. The first-order valence-electron chi connectivity index (χ1n) is 6.85. The van der Waals surface area contributed by atoms with Crippen molar-refractivity contribution in [1.82, 2.24) is 9.78 Å². The van der Waals surface area contributed by atoms with Crippen molar-refractivity contribution in [2.75, 3.05) is 18.5 Å². The molecule has 110 valence electrons. The first-order chi connectivity index (χ1) is 10.1. The van der Waals surface area contributed by atoms with Gasteiger partial charge in [0.15, 0.2) is 0 Å². The minimum atomic E-state index is -0.0844. The van der Waals surface area contributed by atoms with Gasteiger partial charge in [-0.2, -0.15) is 5.10 Å². The van der Waals surface area contributed by atoms with Gasteiger partial charge in [0, 0.05) is 17.7 Å². The summed E-state index contributed by atoms with van der Waals surface area (Å²) in [6.07, 6.45) is 0.764. The van der Waals surface area contributed by atoms with Crippen LogP contribution in [0, 0.1) is 12.8 Å². The van der Waals surface area contributed by atoms with E-state index < -0.39 is 0 Å². The molecule has 6 heteroatoms. The average Bonchev–Trinajstić information content (AvgIpc) is 3.09. The van der Waals surface area contributed by atoms with Crippen LogP contribution in [0.1, 0.15) is 12.1 Å². The maximum atomic E-state index is 12.2. The van der Waals surface area contributed by atoms with Crippen LogP contribution in [0.2, 0.25) is 5.02 Å². The largest absolute Gasteiger partial charge is 0.381 e. The molecule has 1 unspecified atom stereocenters. The Hall–Kier alpha value is -1.85. The number of aromatic nitrogens is 2. The lowest BCUT2D eigenvalue weighted by molar-refractivity contribution is -0.119. The highest BCUT2D eigenvalue weighted by molar-refractivity contribution is 6.30. The highest BCUT2D eigenvalue weighted by Gasteiger charge is 2.24. The van der Waals surface area contributed by atoms with Crippen molar-refractivity contribution in [2.24, 2.45) is 5.92 Å². The topological polar surface area (TPSA) is 56.1 Å². The van der Waals surface area contributed by atoms with E-state index in [1.54, 1.807) is 16.8 Å². The highest BCUT2D eigenvalue weighted by Crippen LogP contribution is 2.21. The molecule has 1 saturated heterocycles. The lowest BCUT2D eigenvalue weighted by Crippen LogP contribution is -2.24. The molecular weight excluding hydrogens is 290 g/mol. The average molecular weight is 306 g/mol. The third-order valence-corrected chi connectivity index (χ3v) is 3.71. The molecule has 3 rings (SSSR count). The molecule has 0 radical (unpaired) electrons. The lowest BCUT2D eigenvalue weighted by Gasteiger charge is -2.11. The molecule has 2 heterocycles. The zero-order valence-electron chi connectivity index (χ0n) is 11.7. The van der Waals surface area contributed by atoms with E-state index in [1.165, 1.54) is 0 Å². The first-order valence-corrected chi connectivity index (χ1v) is 7.22. The summed E-state index contributed by atoms with van der Waals surface area (Å²) in [5.74, 6) is 0.549. The van der Waals surface area contributed by atoms with Crippen molar-refractivity contribution in [3.8, 4) is 5.69 Å². The maximum Gasteiger partial charge on any atom is 0.231 e. The Balaban J connectivity index is 1.85. The fourth-order valence-electron chi connectivity index (χ4n) is 2.34. The number of hydrogen-bond donors (Lipinski definition) is 1. The number of nitrogens with zero attached hydrogens (tertiary/aromatic N) is 2. The van der Waals surface area contributed by atoms with Crippen molar-refractivity contribution < 1.29 is 9.53 Å². The van der Waals surface area contributed by atoms with Gasteiger partial charge in [0.1, 0.15) is 5.82 Å². The van der Waals surface area contributed by atoms with Gasteiger partial charge in [-0.15, -0.1) is 0 Å². The number of amides is 1. The zero-order chi connectivity index (χ0) is 14.8. The summed E-state index contributed by atoms with van der Waals surface area (Å²) in [6, 6.07) is 9.17. The quantitative estimate of drug-likeness (QED) is 0.948. The summed E-state index contributed by atoms with van der Waals surface area (Å²) in [6.45, 7) is 3.02. The molecule has 2 aromatic rings. The number of carbonyl (C=O) groups excluding carboxylic acids is 1. The van der Waals surface area contributed by atoms with Crippen molar-refractivity contribution in [1.29, 1.82) is 0 Å². The van der Waals surface area contributed by atoms with E-state index in [4.69, 9.17) is 16.3 Å². The van der Waals surface area contributed by atoms with Gasteiger partial charge in [0.05, 0.1) is 23.9 Å². The summed E-state index contributed by atoms with van der Waals surface area (Å²) in [5, 5.41) is 8.02. The smallest absolute Gasteiger partial charge is 0.231 e. The SMILES string of the molecule is Cc1cc(NC(=O)C2CCOC2)n(-c2ccc(Cl)cc2)n1. The molecule has 1 atom stereocenters. The summed E-state index contributed by atoms with van der Waals surface area (Å²) in [7, 11) is 0. The fourth-order valence-corrected chi connectivity index (χ4v) is 2.46. The van der Waals surface area contributed by atoms with Gasteiger partial charge >= 0.3 is 0 Å². The van der Waals surface area contributed by atoms with Crippen LogP contribution in [0.25, 0.3) is 5.69 Å². The van der Waals surface area contributed by atoms with E-state index in [0.717, 1.165) is 17.8 Å². The van der Waals surface area contributed by atoms with Crippen LogP contribution >= 0.6 is 11.6 Å². The zero-order valence-corrected chi connectivity index (χ0v) is 12.4. The van der Waals surface area contributed by atoms with E-state index in [1.807, 2.05) is 25.1 Å². The Morgan fingerprint density at radius 3 is 2.86 bits per heavy atom. The Morgan fingerprint density at radius 2 is 2.19 bits per heavy atom. The lowest BCUT2D eigenvalue weighted by atomic mass is 10.1. The third kappa shape index (κ3) is 3.09. The molecule has 0 spiro atoms. The molecule has 1 aliphatic rings. The molecule has 1 fully saturated rings. The van der Waals surface area contributed by atoms with E-state index >= 15 is 0 Å². The Bertz CT molecular complexity index is 645. The summed E-state index contributed by atoms with van der Waals surface area (Å²) in [4.78, 5) is 12.2. The molecule has 0 bridgehead atoms. The van der Waals surface area contributed by atoms with Gasteiger partial charge in [0.2, 0.25) is 5.91 Å². The minimum Gasteiger partial charge on any atom is -0.381 e. The van der Waals surface area contributed by atoms with Gasteiger partial charge in [0.25, 0.3) is 0 Å². The van der Waals surface area contributed by atoms with Crippen LogP contribution < -0.4 is 5.32 Å². The predicted octanol–water partition coefficient (Wildman–Crippen LogP) is 2.81. The minimum absolute atomic E-state index is 0.0254. The van der Waals surface area contributed by atoms with Crippen LogP contribution in [-0.4, -0.2) is 28.9 Å². The van der Waals surface area contributed by atoms with Crippen molar-refractivity contribution in [3.05, 3.63) is 41.0 Å². The van der Waals surface area contributed by atoms with Gasteiger partial charge in [-0.3, -0.25) is 4.79 Å². The number of aryl methyl sites for hydroxylation is 1. The molecule has 1 amide bonds. The number of carbonyl (C=O) groups is 1. The number of hydrogen-bond acceptors (Lipinski definition) is 3. The van der Waals surface area contributed by atoms with Crippen LogP contribution in [0.4, 0.5) is 5.82 Å². The number of rotatable bonds is 3. The highest BCUT2D eigenvalue weighted by atomic mass is 35.5. The van der Waals surface area contributed by atoms with Crippen molar-refractivity contribution >= 4 is 23.3 Å². The Morgan fingerprint density at radius 1 is 1.43 bits per heavy atom. The molecule has 5 nitrogen and oxygen atoms in total. The number of benzene rings is 1. The monoisotopic (exact) mass is 305 g/mol. The van der Waals surface area contributed by atoms with Crippen LogP contribution in [-0.2, 0) is 9.53 Å². The molecule has 1 N–H and O–H groups in total. The van der Waals surface area contributed by atoms with Crippen LogP contribution in [0.15, 0.2) is 30.3 Å². The number of anilines is 1. The second-order valence-electron chi connectivity index (χ2n) is 5.11. The number of nitrogens with one attached hydrogen (secondary N) is 1. The third-order valence-electron chi connectivity index (χ3n) is 3.45. The van der Waals surface area contributed by atoms with Crippen LogP contribution in [0.5, 0.6) is 0 Å². The van der Waals surface area contributed by atoms with E-state index in [2.05, 4.69) is 10.4 Å². The standard InChI is InChI=1S/C15H16ClN3O2/c1-10-8-14(17-15(20)11-6-7-21-9-11)19(18-10)13-4-2-12(16)3-5-13/h2-5,8,11H,6-7,9H2,1H3,(H,17,20). The molecule has 21 heavy (non-hydrogen) atoms. The summed E-state index contributed by atoms with van der Waals surface area (Å²) < 4.78 is 6.96. The molecule has 1 aromatic heterocycles. The van der Waals surface area contributed by atoms with Crippen molar-refractivity contribution in [2.45, 2.75) is 13.3 Å². The summed E-state index contributed by atoms with van der Waals surface area (Å²) in [5.41, 5.74) is 1.69. The predicted molar refractivity (Wildman–Crippen MR) is 80.9 cm³/mol. The van der Waals surface area contributed by atoms with Gasteiger partial charge < -0.3 is 10.1 Å². The van der Waals surface area contributed by atoms with E-state index in [0.29, 0.717) is 24.1 Å². The second-order valence-corrected chi connectivity index (χ2v) is 5.55. The summed E-state index contributed by atoms with van der Waals surface area (Å²) >= 11 is 5.90. The normalized spacial score (nSPS) is 17.9. The molecule has 0 aliphatic carbocycles. The Kier molecular flexibility index (Phi) is 3.94. The van der Waals surface area contributed by atoms with E-state index in [-0.39, 0.29) is 11.8 Å². The van der Waals surface area contributed by atoms with Gasteiger partial charge in [-0.1, -0.05) is 11.6 Å². The van der Waals surface area contributed by atoms with Gasteiger partial charge in [-0.25, -0.2) is 4.68 Å². The first kappa shape index (κ1) is 14.1. The van der Waals surface area contributed by atoms with Crippen molar-refractivity contribution in [3.63, 3.8) is 0 Å². The number of ether oxygens (including phenoxy) is 1. The maximum absolute atomic E-state index is 12.2. The Labute approximate surface area is 127 Å². The van der Waals surface area contributed by atoms with Crippen LogP contribution in [0.3, 0.4) is 0 Å².